The van der Waals surface area contributed by atoms with Crippen LogP contribution in [0.4, 0.5) is 5.69 Å². The van der Waals surface area contributed by atoms with Crippen LogP contribution in [0, 0.1) is 11.3 Å². The molecule has 0 aliphatic rings. The molecule has 5 heteroatoms. The number of hydroxylamine groups is 1. The molecule has 1 rings (SSSR count). The van der Waals surface area contributed by atoms with Gasteiger partial charge in [0, 0.05) is 5.69 Å². The van der Waals surface area contributed by atoms with Crippen LogP contribution in [0.1, 0.15) is 5.56 Å². The first kappa shape index (κ1) is 11.0. The highest BCUT2D eigenvalue weighted by Gasteiger charge is 1.99. The topological polar surface area (TPSA) is 74.2 Å². The fourth-order valence-electron chi connectivity index (χ4n) is 0.995. The number of nitrogens with zero attached hydrogens (tertiary/aromatic N) is 1. The summed E-state index contributed by atoms with van der Waals surface area (Å²) in [4.78, 5) is 15.4. The fourth-order valence-corrected chi connectivity index (χ4v) is 0.995. The van der Waals surface area contributed by atoms with Gasteiger partial charge in [0.25, 0.3) is 5.91 Å². The third-order valence-electron chi connectivity index (χ3n) is 1.68. The van der Waals surface area contributed by atoms with Crippen molar-refractivity contribution in [1.82, 2.24) is 5.48 Å². The highest BCUT2D eigenvalue weighted by atomic mass is 16.6. The summed E-state index contributed by atoms with van der Waals surface area (Å²) in [6.07, 6.45) is 0. The van der Waals surface area contributed by atoms with Gasteiger partial charge in [-0.25, -0.2) is 5.48 Å². The van der Waals surface area contributed by atoms with E-state index in [9.17, 15) is 4.79 Å². The Labute approximate surface area is 87.6 Å². The molecule has 0 fully saturated rings. The number of amides is 1. The predicted octanol–water partition coefficient (Wildman–Crippen LogP) is 0.648. The first-order valence-corrected chi connectivity index (χ1v) is 4.32. The molecule has 15 heavy (non-hydrogen) atoms. The van der Waals surface area contributed by atoms with Crippen LogP contribution in [0.5, 0.6) is 0 Å². The number of nitrogens with one attached hydrogen (secondary N) is 2. The van der Waals surface area contributed by atoms with E-state index in [1.54, 1.807) is 24.3 Å². The van der Waals surface area contributed by atoms with Gasteiger partial charge in [-0.15, -0.1) is 0 Å². The molecule has 0 saturated carbocycles. The molecule has 1 aromatic carbocycles. The fraction of sp³-hybridized carbons (Fsp3) is 0.200. The number of benzene rings is 1. The lowest BCUT2D eigenvalue weighted by atomic mass is 10.2. The van der Waals surface area contributed by atoms with Crippen molar-refractivity contribution < 1.29 is 9.63 Å². The van der Waals surface area contributed by atoms with Gasteiger partial charge in [0.1, 0.15) is 0 Å². The lowest BCUT2D eigenvalue weighted by Gasteiger charge is -2.05. The van der Waals surface area contributed by atoms with Crippen molar-refractivity contribution in [2.24, 2.45) is 0 Å². The van der Waals surface area contributed by atoms with E-state index < -0.39 is 0 Å². The van der Waals surface area contributed by atoms with Crippen molar-refractivity contribution >= 4 is 11.6 Å². The Morgan fingerprint density at radius 1 is 1.47 bits per heavy atom. The molecule has 0 aromatic heterocycles. The lowest BCUT2D eigenvalue weighted by Crippen LogP contribution is -2.28. The van der Waals surface area contributed by atoms with Crippen LogP contribution in [-0.4, -0.2) is 19.6 Å². The zero-order valence-corrected chi connectivity index (χ0v) is 8.28. The minimum atomic E-state index is -0.262. The summed E-state index contributed by atoms with van der Waals surface area (Å²) in [7, 11) is 1.37. The molecule has 0 unspecified atom stereocenters. The van der Waals surface area contributed by atoms with Crippen molar-refractivity contribution in [1.29, 1.82) is 5.26 Å². The number of carbonyl (C=O) groups excluding carboxylic acids is 1. The SMILES string of the molecule is CONC(=O)CNc1ccc(C#N)cc1. The Morgan fingerprint density at radius 2 is 2.13 bits per heavy atom. The van der Waals surface area contributed by atoms with Gasteiger partial charge in [0.15, 0.2) is 0 Å². The Kier molecular flexibility index (Phi) is 4.13. The van der Waals surface area contributed by atoms with Crippen LogP contribution in [0.3, 0.4) is 0 Å². The average Bonchev–Trinajstić information content (AvgIpc) is 2.27. The highest BCUT2D eigenvalue weighted by Crippen LogP contribution is 2.07. The van der Waals surface area contributed by atoms with Gasteiger partial charge in [-0.1, -0.05) is 0 Å². The maximum atomic E-state index is 11.0. The van der Waals surface area contributed by atoms with Gasteiger partial charge in [-0.05, 0) is 24.3 Å². The van der Waals surface area contributed by atoms with Gasteiger partial charge in [0.05, 0.1) is 25.3 Å². The van der Waals surface area contributed by atoms with Gasteiger partial charge >= 0.3 is 0 Å². The van der Waals surface area contributed by atoms with E-state index in [2.05, 4.69) is 15.6 Å². The minimum Gasteiger partial charge on any atom is -0.376 e. The second kappa shape index (κ2) is 5.62. The summed E-state index contributed by atoms with van der Waals surface area (Å²) in [6.45, 7) is 0.125. The summed E-state index contributed by atoms with van der Waals surface area (Å²) in [5.74, 6) is -0.262. The first-order valence-electron chi connectivity index (χ1n) is 4.32. The van der Waals surface area contributed by atoms with Crippen LogP contribution in [0.2, 0.25) is 0 Å². The highest BCUT2D eigenvalue weighted by molar-refractivity contribution is 5.79. The lowest BCUT2D eigenvalue weighted by molar-refractivity contribution is -0.129. The van der Waals surface area contributed by atoms with E-state index in [1.165, 1.54) is 7.11 Å². The van der Waals surface area contributed by atoms with Crippen molar-refractivity contribution in [3.05, 3.63) is 29.8 Å². The number of carbonyl (C=O) groups is 1. The smallest absolute Gasteiger partial charge is 0.262 e. The van der Waals surface area contributed by atoms with E-state index >= 15 is 0 Å². The predicted molar refractivity (Wildman–Crippen MR) is 54.8 cm³/mol. The molecular formula is C10H11N3O2. The molecule has 78 valence electrons. The molecule has 0 spiro atoms. The van der Waals surface area contributed by atoms with Gasteiger partial charge in [0.2, 0.25) is 0 Å². The Bertz CT molecular complexity index is 367. The van der Waals surface area contributed by atoms with E-state index in [0.29, 0.717) is 5.56 Å². The number of nitriles is 1. The summed E-state index contributed by atoms with van der Waals surface area (Å²) < 4.78 is 0. The molecule has 2 N–H and O–H groups in total. The molecule has 0 radical (unpaired) electrons. The van der Waals surface area contributed by atoms with Gasteiger partial charge in [-0.3, -0.25) is 9.63 Å². The number of hydrogen-bond donors (Lipinski definition) is 2. The molecule has 0 heterocycles. The quantitative estimate of drug-likeness (QED) is 0.708. The third kappa shape index (κ3) is 3.67. The second-order valence-corrected chi connectivity index (χ2v) is 2.77. The number of hydrogen-bond acceptors (Lipinski definition) is 4. The van der Waals surface area contributed by atoms with E-state index in [0.717, 1.165) is 5.69 Å². The van der Waals surface area contributed by atoms with Gasteiger partial charge in [-0.2, -0.15) is 5.26 Å². The molecule has 1 aromatic rings. The summed E-state index contributed by atoms with van der Waals surface area (Å²) in [5, 5.41) is 11.4. The number of anilines is 1. The second-order valence-electron chi connectivity index (χ2n) is 2.77. The van der Waals surface area contributed by atoms with E-state index in [1.807, 2.05) is 6.07 Å². The van der Waals surface area contributed by atoms with Crippen molar-refractivity contribution in [2.45, 2.75) is 0 Å². The molecule has 0 atom stereocenters. The minimum absolute atomic E-state index is 0.125. The molecule has 0 bridgehead atoms. The van der Waals surface area contributed by atoms with Crippen LogP contribution in [-0.2, 0) is 9.63 Å². The average molecular weight is 205 g/mol. The third-order valence-corrected chi connectivity index (χ3v) is 1.68. The first-order chi connectivity index (χ1) is 7.26. The van der Waals surface area contributed by atoms with Crippen LogP contribution < -0.4 is 10.8 Å². The molecular weight excluding hydrogens is 194 g/mol. The maximum absolute atomic E-state index is 11.0. The van der Waals surface area contributed by atoms with Crippen molar-refractivity contribution in [2.75, 3.05) is 19.0 Å². The Morgan fingerprint density at radius 3 is 2.67 bits per heavy atom. The largest absolute Gasteiger partial charge is 0.376 e. The monoisotopic (exact) mass is 205 g/mol. The Balaban J connectivity index is 2.45. The molecule has 5 nitrogen and oxygen atoms in total. The van der Waals surface area contributed by atoms with Crippen LogP contribution in [0.15, 0.2) is 24.3 Å². The summed E-state index contributed by atoms with van der Waals surface area (Å²) >= 11 is 0. The summed E-state index contributed by atoms with van der Waals surface area (Å²) in [6, 6.07) is 8.84. The molecule has 1 amide bonds. The zero-order chi connectivity index (χ0) is 11.1. The Hall–Kier alpha value is -2.06. The van der Waals surface area contributed by atoms with Gasteiger partial charge < -0.3 is 5.32 Å². The maximum Gasteiger partial charge on any atom is 0.262 e. The standard InChI is InChI=1S/C10H11N3O2/c1-15-13-10(14)7-12-9-4-2-8(6-11)3-5-9/h2-5,12H,7H2,1H3,(H,13,14). The summed E-state index contributed by atoms with van der Waals surface area (Å²) in [5.41, 5.74) is 3.55. The van der Waals surface area contributed by atoms with Crippen LogP contribution >= 0.6 is 0 Å². The molecule has 0 saturated heterocycles. The zero-order valence-electron chi connectivity index (χ0n) is 8.28. The van der Waals surface area contributed by atoms with Crippen LogP contribution in [0.25, 0.3) is 0 Å². The molecule has 0 aliphatic heterocycles. The normalized spacial score (nSPS) is 9.07. The number of rotatable bonds is 4. The van der Waals surface area contributed by atoms with E-state index in [4.69, 9.17) is 5.26 Å². The molecule has 0 aliphatic carbocycles. The van der Waals surface area contributed by atoms with Crippen molar-refractivity contribution in [3.63, 3.8) is 0 Å². The van der Waals surface area contributed by atoms with E-state index in [-0.39, 0.29) is 12.5 Å². The van der Waals surface area contributed by atoms with Crippen molar-refractivity contribution in [3.8, 4) is 6.07 Å².